The number of H-pyrrole nitrogens is 1. The molecule has 108 valence electrons. The summed E-state index contributed by atoms with van der Waals surface area (Å²) in [5.41, 5.74) is -0.652. The molecule has 2 N–H and O–H groups in total. The second-order valence-electron chi connectivity index (χ2n) is 5.34. The Bertz CT molecular complexity index is 730. The highest BCUT2D eigenvalue weighted by Gasteiger charge is 2.27. The van der Waals surface area contributed by atoms with Crippen molar-refractivity contribution in [3.05, 3.63) is 41.0 Å². The lowest BCUT2D eigenvalue weighted by Crippen LogP contribution is -2.42. The van der Waals surface area contributed by atoms with Crippen molar-refractivity contribution in [2.24, 2.45) is 0 Å². The number of carbonyl (C=O) groups is 1. The average Bonchev–Trinajstić information content (AvgIpc) is 3.06. The van der Waals surface area contributed by atoms with Crippen molar-refractivity contribution < 1.29 is 4.79 Å². The summed E-state index contributed by atoms with van der Waals surface area (Å²) in [5, 5.41) is 17.9. The number of thiophene rings is 1. The van der Waals surface area contributed by atoms with Gasteiger partial charge in [0.05, 0.1) is 12.0 Å². The zero-order valence-electron chi connectivity index (χ0n) is 11.8. The van der Waals surface area contributed by atoms with Crippen LogP contribution in [-0.4, -0.2) is 26.5 Å². The minimum absolute atomic E-state index is 0.0589. The quantitative estimate of drug-likeness (QED) is 0.772. The summed E-state index contributed by atoms with van der Waals surface area (Å²) in [6, 6.07) is 10.2. The molecule has 2 aromatic heterocycles. The lowest BCUT2D eigenvalue weighted by atomic mass is 10.0. The van der Waals surface area contributed by atoms with Crippen molar-refractivity contribution in [2.45, 2.75) is 25.8 Å². The third kappa shape index (κ3) is 2.92. The molecule has 0 spiro atoms. The number of aromatic nitrogens is 4. The van der Waals surface area contributed by atoms with E-state index < -0.39 is 5.54 Å². The van der Waals surface area contributed by atoms with Gasteiger partial charge >= 0.3 is 0 Å². The molecule has 0 fully saturated rings. The summed E-state index contributed by atoms with van der Waals surface area (Å²) in [6.07, 6.45) is 0.348. The third-order valence-corrected chi connectivity index (χ3v) is 4.28. The molecule has 0 atom stereocenters. The topological polar surface area (TPSA) is 83.6 Å². The molecule has 1 aromatic carbocycles. The van der Waals surface area contributed by atoms with E-state index in [2.05, 4.69) is 44.1 Å². The number of carbonyl (C=O) groups excluding carboxylic acids is 1. The van der Waals surface area contributed by atoms with Gasteiger partial charge in [0.25, 0.3) is 0 Å². The van der Waals surface area contributed by atoms with Crippen molar-refractivity contribution in [1.29, 1.82) is 0 Å². The number of aromatic amines is 1. The Hall–Kier alpha value is -2.28. The first-order valence-electron chi connectivity index (χ1n) is 6.57. The Labute approximate surface area is 125 Å². The molecule has 2 heterocycles. The number of nitrogens with zero attached hydrogens (tertiary/aromatic N) is 3. The van der Waals surface area contributed by atoms with Gasteiger partial charge in [-0.2, -0.15) is 5.21 Å². The summed E-state index contributed by atoms with van der Waals surface area (Å²) < 4.78 is 1.19. The fourth-order valence-corrected chi connectivity index (χ4v) is 3.22. The van der Waals surface area contributed by atoms with E-state index in [1.165, 1.54) is 10.1 Å². The van der Waals surface area contributed by atoms with Crippen LogP contribution in [0.3, 0.4) is 0 Å². The summed E-state index contributed by atoms with van der Waals surface area (Å²) in [5.74, 6) is 0.406. The first kappa shape index (κ1) is 13.7. The summed E-state index contributed by atoms with van der Waals surface area (Å²) >= 11 is 1.64. The molecule has 0 radical (unpaired) electrons. The third-order valence-electron chi connectivity index (χ3n) is 3.17. The number of benzene rings is 1. The van der Waals surface area contributed by atoms with Crippen LogP contribution in [0.5, 0.6) is 0 Å². The first-order valence-corrected chi connectivity index (χ1v) is 7.39. The van der Waals surface area contributed by atoms with E-state index in [1.54, 1.807) is 11.3 Å². The lowest BCUT2D eigenvalue weighted by Gasteiger charge is -2.21. The molecule has 0 saturated carbocycles. The fourth-order valence-electron chi connectivity index (χ4n) is 2.16. The lowest BCUT2D eigenvalue weighted by molar-refractivity contribution is -0.122. The van der Waals surface area contributed by atoms with Crippen molar-refractivity contribution in [3.63, 3.8) is 0 Å². The molecular weight excluding hydrogens is 286 g/mol. The maximum atomic E-state index is 12.2. The second kappa shape index (κ2) is 5.25. The van der Waals surface area contributed by atoms with E-state index in [4.69, 9.17) is 0 Å². The molecular formula is C14H15N5OS. The zero-order valence-corrected chi connectivity index (χ0v) is 12.6. The van der Waals surface area contributed by atoms with Crippen LogP contribution < -0.4 is 5.32 Å². The van der Waals surface area contributed by atoms with Gasteiger partial charge in [-0.05, 0) is 31.4 Å². The second-order valence-corrected chi connectivity index (χ2v) is 6.50. The van der Waals surface area contributed by atoms with E-state index in [-0.39, 0.29) is 5.91 Å². The number of rotatable bonds is 4. The fraction of sp³-hybridized carbons (Fsp3) is 0.286. The number of amides is 1. The minimum Gasteiger partial charge on any atom is -0.343 e. The smallest absolute Gasteiger partial charge is 0.226 e. The van der Waals surface area contributed by atoms with Gasteiger partial charge < -0.3 is 5.32 Å². The van der Waals surface area contributed by atoms with Crippen LogP contribution in [0.4, 0.5) is 0 Å². The summed E-state index contributed by atoms with van der Waals surface area (Å²) in [4.78, 5) is 13.2. The van der Waals surface area contributed by atoms with Crippen molar-refractivity contribution >= 4 is 27.3 Å². The van der Waals surface area contributed by atoms with E-state index in [9.17, 15) is 4.79 Å². The highest BCUT2D eigenvalue weighted by molar-refractivity contribution is 7.19. The van der Waals surface area contributed by atoms with Gasteiger partial charge in [-0.1, -0.05) is 23.4 Å². The maximum absolute atomic E-state index is 12.2. The van der Waals surface area contributed by atoms with Gasteiger partial charge in [0.1, 0.15) is 0 Å². The summed E-state index contributed by atoms with van der Waals surface area (Å²) in [7, 11) is 0. The molecule has 3 aromatic rings. The molecule has 3 rings (SSSR count). The van der Waals surface area contributed by atoms with E-state index >= 15 is 0 Å². The van der Waals surface area contributed by atoms with Crippen LogP contribution >= 0.6 is 11.3 Å². The number of tetrazole rings is 1. The van der Waals surface area contributed by atoms with Gasteiger partial charge in [0.2, 0.25) is 5.91 Å². The van der Waals surface area contributed by atoms with Crippen LogP contribution in [-0.2, 0) is 16.8 Å². The van der Waals surface area contributed by atoms with Gasteiger partial charge in [0, 0.05) is 9.58 Å². The number of hydrogen-bond acceptors (Lipinski definition) is 5. The number of hydrogen-bond donors (Lipinski definition) is 2. The number of fused-ring (bicyclic) bond motifs is 1. The van der Waals surface area contributed by atoms with Gasteiger partial charge in [-0.15, -0.1) is 21.5 Å². The molecule has 1 amide bonds. The van der Waals surface area contributed by atoms with Crippen LogP contribution in [0.2, 0.25) is 0 Å². The van der Waals surface area contributed by atoms with Crippen molar-refractivity contribution in [1.82, 2.24) is 25.9 Å². The highest BCUT2D eigenvalue weighted by atomic mass is 32.1. The van der Waals surface area contributed by atoms with Gasteiger partial charge in [-0.3, -0.25) is 4.79 Å². The van der Waals surface area contributed by atoms with Crippen molar-refractivity contribution in [2.75, 3.05) is 0 Å². The Kier molecular flexibility index (Phi) is 3.42. The van der Waals surface area contributed by atoms with E-state index in [0.717, 1.165) is 4.88 Å². The standard InChI is InChI=1S/C14H15N5OS/c1-14(2,13-16-18-19-17-13)15-12(20)8-10-7-9-5-3-4-6-11(9)21-10/h3-7H,8H2,1-2H3,(H,15,20)(H,16,17,18,19). The summed E-state index contributed by atoms with van der Waals surface area (Å²) in [6.45, 7) is 3.70. The molecule has 6 nitrogen and oxygen atoms in total. The zero-order chi connectivity index (χ0) is 14.9. The molecule has 0 aliphatic carbocycles. The molecule has 0 unspecified atom stereocenters. The molecule has 0 aliphatic rings. The van der Waals surface area contributed by atoms with Gasteiger partial charge in [0.15, 0.2) is 5.82 Å². The van der Waals surface area contributed by atoms with E-state index in [1.807, 2.05) is 26.0 Å². The predicted octanol–water partition coefficient (Wildman–Crippen LogP) is 2.01. The van der Waals surface area contributed by atoms with E-state index in [0.29, 0.717) is 12.2 Å². The molecule has 21 heavy (non-hydrogen) atoms. The predicted molar refractivity (Wildman–Crippen MR) is 80.9 cm³/mol. The normalized spacial score (nSPS) is 11.7. The molecule has 0 bridgehead atoms. The largest absolute Gasteiger partial charge is 0.343 e. The molecule has 0 aliphatic heterocycles. The molecule has 7 heteroatoms. The maximum Gasteiger partial charge on any atom is 0.226 e. The van der Waals surface area contributed by atoms with Crippen LogP contribution in [0, 0.1) is 0 Å². The highest BCUT2D eigenvalue weighted by Crippen LogP contribution is 2.25. The van der Waals surface area contributed by atoms with Gasteiger partial charge in [-0.25, -0.2) is 0 Å². The SMILES string of the molecule is CC(C)(NC(=O)Cc1cc2ccccc2s1)c1nn[nH]n1. The van der Waals surface area contributed by atoms with Crippen molar-refractivity contribution in [3.8, 4) is 0 Å². The first-order chi connectivity index (χ1) is 10.0. The van der Waals surface area contributed by atoms with Crippen LogP contribution in [0.1, 0.15) is 24.5 Å². The Morgan fingerprint density at radius 1 is 1.38 bits per heavy atom. The Morgan fingerprint density at radius 2 is 2.19 bits per heavy atom. The van der Waals surface area contributed by atoms with Crippen LogP contribution in [0.15, 0.2) is 30.3 Å². The van der Waals surface area contributed by atoms with Crippen LogP contribution in [0.25, 0.3) is 10.1 Å². The minimum atomic E-state index is -0.652. The monoisotopic (exact) mass is 301 g/mol. The Morgan fingerprint density at radius 3 is 2.90 bits per heavy atom. The Balaban J connectivity index is 1.71. The average molecular weight is 301 g/mol. The molecule has 0 saturated heterocycles. The number of nitrogens with one attached hydrogen (secondary N) is 2.